The molecule has 1 amide bonds. The van der Waals surface area contributed by atoms with E-state index in [0.717, 1.165) is 0 Å². The molecule has 9 nitrogen and oxygen atoms in total. The number of hydrogen-bond acceptors (Lipinski definition) is 6. The first-order valence-electron chi connectivity index (χ1n) is 10.6. The lowest BCUT2D eigenvalue weighted by atomic mass is 10.2. The van der Waals surface area contributed by atoms with Gasteiger partial charge in [-0.05, 0) is 76.2 Å². The van der Waals surface area contributed by atoms with E-state index in [0.29, 0.717) is 16.9 Å². The Balaban J connectivity index is 1.67. The highest BCUT2D eigenvalue weighted by molar-refractivity contribution is 7.93. The fraction of sp³-hybridized carbons (Fsp3) is 0.409. The predicted molar refractivity (Wildman–Crippen MR) is 127 cm³/mol. The van der Waals surface area contributed by atoms with Gasteiger partial charge in [0.05, 0.1) is 22.4 Å². The molecule has 1 fully saturated rings. The second-order valence-corrected chi connectivity index (χ2v) is 12.5. The first-order chi connectivity index (χ1) is 15.4. The molecule has 2 aromatic carbocycles. The van der Waals surface area contributed by atoms with Gasteiger partial charge in [0.1, 0.15) is 0 Å². The van der Waals surface area contributed by atoms with Gasteiger partial charge in [-0.25, -0.2) is 16.8 Å². The summed E-state index contributed by atoms with van der Waals surface area (Å²) in [6, 6.07) is 12.0. The normalized spacial score (nSPS) is 19.9. The van der Waals surface area contributed by atoms with Gasteiger partial charge in [-0.15, -0.1) is 0 Å². The van der Waals surface area contributed by atoms with Gasteiger partial charge in [-0.2, -0.15) is 4.31 Å². The van der Waals surface area contributed by atoms with E-state index in [1.807, 2.05) is 13.8 Å². The minimum absolute atomic E-state index is 0.142. The van der Waals surface area contributed by atoms with Gasteiger partial charge in [-0.1, -0.05) is 0 Å². The molecule has 0 bridgehead atoms. The van der Waals surface area contributed by atoms with Gasteiger partial charge in [-0.3, -0.25) is 9.52 Å². The van der Waals surface area contributed by atoms with Crippen molar-refractivity contribution in [3.63, 3.8) is 0 Å². The van der Waals surface area contributed by atoms with E-state index in [9.17, 15) is 21.6 Å². The Morgan fingerprint density at radius 1 is 0.909 bits per heavy atom. The number of carbonyl (C=O) groups excluding carboxylic acids is 1. The molecule has 180 valence electrons. The largest absolute Gasteiger partial charge is 0.373 e. The molecule has 1 aliphatic rings. The van der Waals surface area contributed by atoms with Crippen LogP contribution >= 0.6 is 0 Å². The van der Waals surface area contributed by atoms with Crippen LogP contribution in [0.5, 0.6) is 0 Å². The summed E-state index contributed by atoms with van der Waals surface area (Å²) in [7, 11) is -7.14. The summed E-state index contributed by atoms with van der Waals surface area (Å²) < 4.78 is 59.3. The third-order valence-electron chi connectivity index (χ3n) is 5.16. The van der Waals surface area contributed by atoms with Crippen LogP contribution in [0.3, 0.4) is 0 Å². The third-order valence-corrected chi connectivity index (χ3v) is 8.77. The van der Waals surface area contributed by atoms with Crippen molar-refractivity contribution < 1.29 is 26.4 Å². The maximum absolute atomic E-state index is 12.9. The first kappa shape index (κ1) is 25.2. The second kappa shape index (κ2) is 9.80. The van der Waals surface area contributed by atoms with E-state index < -0.39 is 31.2 Å². The van der Waals surface area contributed by atoms with Crippen LogP contribution in [0, 0.1) is 0 Å². The number of nitrogens with one attached hydrogen (secondary N) is 2. The number of nitrogens with zero attached hydrogens (tertiary/aromatic N) is 1. The molecule has 0 unspecified atom stereocenters. The number of anilines is 2. The van der Waals surface area contributed by atoms with Crippen LogP contribution in [0.25, 0.3) is 0 Å². The zero-order chi connectivity index (χ0) is 24.4. The van der Waals surface area contributed by atoms with E-state index >= 15 is 0 Å². The van der Waals surface area contributed by atoms with Crippen molar-refractivity contribution in [2.45, 2.75) is 50.0 Å². The Bertz CT molecular complexity index is 1180. The molecule has 1 heterocycles. The molecule has 2 N–H and O–H groups in total. The smallest absolute Gasteiger partial charge is 0.255 e. The molecule has 0 aromatic heterocycles. The lowest BCUT2D eigenvalue weighted by Gasteiger charge is -2.34. The van der Waals surface area contributed by atoms with Gasteiger partial charge >= 0.3 is 0 Å². The summed E-state index contributed by atoms with van der Waals surface area (Å²) >= 11 is 0. The number of ether oxygens (including phenoxy) is 1. The Labute approximate surface area is 195 Å². The molecular weight excluding hydrogens is 466 g/mol. The van der Waals surface area contributed by atoms with E-state index in [2.05, 4.69) is 10.0 Å². The Morgan fingerprint density at radius 3 is 1.94 bits per heavy atom. The van der Waals surface area contributed by atoms with Gasteiger partial charge in [0, 0.05) is 30.0 Å². The maximum Gasteiger partial charge on any atom is 0.255 e. The lowest BCUT2D eigenvalue weighted by molar-refractivity contribution is -0.0440. The molecule has 2 aromatic rings. The lowest BCUT2D eigenvalue weighted by Crippen LogP contribution is -2.48. The topological polar surface area (TPSA) is 122 Å². The Kier molecular flexibility index (Phi) is 7.47. The van der Waals surface area contributed by atoms with Crippen molar-refractivity contribution in [1.82, 2.24) is 4.31 Å². The molecule has 0 saturated carbocycles. The molecule has 0 radical (unpaired) electrons. The number of rotatable bonds is 7. The number of amides is 1. The molecule has 33 heavy (non-hydrogen) atoms. The highest BCUT2D eigenvalue weighted by atomic mass is 32.2. The van der Waals surface area contributed by atoms with Gasteiger partial charge in [0.2, 0.25) is 20.0 Å². The number of benzene rings is 2. The van der Waals surface area contributed by atoms with Crippen LogP contribution in [0.4, 0.5) is 11.4 Å². The molecule has 2 atom stereocenters. The van der Waals surface area contributed by atoms with Crippen LogP contribution in [-0.4, -0.2) is 57.6 Å². The fourth-order valence-electron chi connectivity index (χ4n) is 3.36. The zero-order valence-electron chi connectivity index (χ0n) is 19.0. The highest BCUT2D eigenvalue weighted by Gasteiger charge is 2.32. The zero-order valence-corrected chi connectivity index (χ0v) is 20.6. The summed E-state index contributed by atoms with van der Waals surface area (Å²) in [6.07, 6.45) is -0.372. The molecule has 1 saturated heterocycles. The number of morpholine rings is 1. The van der Waals surface area contributed by atoms with Gasteiger partial charge < -0.3 is 10.1 Å². The average molecular weight is 496 g/mol. The minimum Gasteiger partial charge on any atom is -0.373 e. The van der Waals surface area contributed by atoms with Crippen molar-refractivity contribution in [2.75, 3.05) is 23.1 Å². The quantitative estimate of drug-likeness (QED) is 0.609. The van der Waals surface area contributed by atoms with Crippen molar-refractivity contribution in [2.24, 2.45) is 0 Å². The summed E-state index contributed by atoms with van der Waals surface area (Å²) in [5.41, 5.74) is 1.13. The predicted octanol–water partition coefficient (Wildman–Crippen LogP) is 2.89. The van der Waals surface area contributed by atoms with Crippen molar-refractivity contribution in [3.8, 4) is 0 Å². The van der Waals surface area contributed by atoms with Crippen molar-refractivity contribution in [3.05, 3.63) is 54.1 Å². The monoisotopic (exact) mass is 495 g/mol. The number of sulfonamides is 2. The molecule has 3 rings (SSSR count). The third kappa shape index (κ3) is 6.11. The van der Waals surface area contributed by atoms with Gasteiger partial charge in [0.25, 0.3) is 5.91 Å². The summed E-state index contributed by atoms with van der Waals surface area (Å²) in [5, 5.41) is 2.13. The van der Waals surface area contributed by atoms with Crippen LogP contribution in [-0.2, 0) is 24.8 Å². The molecule has 1 aliphatic heterocycles. The summed E-state index contributed by atoms with van der Waals surface area (Å²) in [6.45, 7) is 7.39. The van der Waals surface area contributed by atoms with Crippen molar-refractivity contribution in [1.29, 1.82) is 0 Å². The van der Waals surface area contributed by atoms with E-state index in [-0.39, 0.29) is 30.2 Å². The van der Waals surface area contributed by atoms with Crippen LogP contribution in [0.15, 0.2) is 53.4 Å². The summed E-state index contributed by atoms with van der Waals surface area (Å²) in [4.78, 5) is 12.7. The van der Waals surface area contributed by atoms with Crippen LogP contribution in [0.1, 0.15) is 38.1 Å². The molecule has 0 aliphatic carbocycles. The number of carbonyl (C=O) groups is 1. The Morgan fingerprint density at radius 2 is 1.42 bits per heavy atom. The molecular formula is C22H29N3O6S2. The van der Waals surface area contributed by atoms with Crippen LogP contribution in [0.2, 0.25) is 0 Å². The summed E-state index contributed by atoms with van der Waals surface area (Å²) in [5.74, 6) is -0.403. The highest BCUT2D eigenvalue weighted by Crippen LogP contribution is 2.23. The molecule has 0 spiro atoms. The fourth-order valence-corrected chi connectivity index (χ4v) is 5.65. The first-order valence-corrected chi connectivity index (χ1v) is 13.6. The second-order valence-electron chi connectivity index (χ2n) is 8.33. The van der Waals surface area contributed by atoms with Crippen molar-refractivity contribution >= 4 is 37.3 Å². The number of hydrogen-bond donors (Lipinski definition) is 2. The minimum atomic E-state index is -3.67. The SMILES string of the molecule is CC(C)S(=O)(=O)Nc1ccc(C(=O)Nc2ccc(S(=O)(=O)N3C[C@@H](C)O[C@@H](C)C3)cc2)cc1. The van der Waals surface area contributed by atoms with E-state index in [4.69, 9.17) is 4.74 Å². The van der Waals surface area contributed by atoms with E-state index in [1.54, 1.807) is 13.8 Å². The van der Waals surface area contributed by atoms with E-state index in [1.165, 1.54) is 52.8 Å². The Hall–Kier alpha value is -2.47. The maximum atomic E-state index is 12.9. The average Bonchev–Trinajstić information content (AvgIpc) is 2.73. The van der Waals surface area contributed by atoms with Crippen LogP contribution < -0.4 is 10.0 Å². The molecule has 11 heteroatoms. The van der Waals surface area contributed by atoms with Gasteiger partial charge in [0.15, 0.2) is 0 Å². The standard InChI is InChI=1S/C22H29N3O6S2/c1-15(2)32(27,28)24-20-7-5-18(6-8-20)22(26)23-19-9-11-21(12-10-19)33(29,30)25-13-16(3)31-17(4)14-25/h5-12,15-17,24H,13-14H2,1-4H3,(H,23,26)/t16-,17+.